The van der Waals surface area contributed by atoms with Gasteiger partial charge in [0.1, 0.15) is 5.57 Å². The van der Waals surface area contributed by atoms with Gasteiger partial charge in [-0.05, 0) is 80.8 Å². The molecule has 6 nitrogen and oxygen atoms in total. The van der Waals surface area contributed by atoms with Gasteiger partial charge in [0, 0.05) is 27.8 Å². The van der Waals surface area contributed by atoms with Crippen LogP contribution in [-0.2, 0) is 9.59 Å². The third-order valence-corrected chi connectivity index (χ3v) is 6.61. The first-order valence-electron chi connectivity index (χ1n) is 11.0. The smallest absolute Gasteiger partial charge is 0.335 e. The number of carbonyl (C=O) groups excluding carboxylic acids is 3. The lowest BCUT2D eigenvalue weighted by Gasteiger charge is -2.43. The maximum Gasteiger partial charge on any atom is 0.335 e. The number of fused-ring (bicyclic) bond motifs is 1. The number of hydrogen-bond donors (Lipinski definition) is 1. The van der Waals surface area contributed by atoms with Crippen molar-refractivity contribution in [3.05, 3.63) is 69.2 Å². The zero-order valence-electron chi connectivity index (χ0n) is 19.4. The second kappa shape index (κ2) is 8.93. The van der Waals surface area contributed by atoms with Crippen LogP contribution in [0.15, 0.2) is 48.0 Å². The number of carbonyl (C=O) groups is 3. The first-order valence-corrected chi connectivity index (χ1v) is 11.8. The van der Waals surface area contributed by atoms with E-state index in [-0.39, 0.29) is 11.1 Å². The summed E-state index contributed by atoms with van der Waals surface area (Å²) < 4.78 is 0. The van der Waals surface area contributed by atoms with Crippen LogP contribution in [-0.4, -0.2) is 29.9 Å². The van der Waals surface area contributed by atoms with Crippen molar-refractivity contribution in [2.45, 2.75) is 39.7 Å². The van der Waals surface area contributed by atoms with Gasteiger partial charge in [-0.1, -0.05) is 36.2 Å². The van der Waals surface area contributed by atoms with Gasteiger partial charge in [-0.25, -0.2) is 9.69 Å². The van der Waals surface area contributed by atoms with E-state index in [1.54, 1.807) is 12.1 Å². The van der Waals surface area contributed by atoms with Crippen molar-refractivity contribution in [2.75, 3.05) is 16.3 Å². The van der Waals surface area contributed by atoms with Crippen molar-refractivity contribution < 1.29 is 14.4 Å². The molecule has 0 spiro atoms. The molecule has 2 aliphatic rings. The Balaban J connectivity index is 1.78. The highest BCUT2D eigenvalue weighted by Crippen LogP contribution is 2.42. The SMILES string of the molecule is CCCN1c2cc(Cl)c(/C=C3/C(=O)NC(=O)N(c4ccc(Cl)cc4)C3=O)cc2C(C)=CC1(C)C. The number of imide groups is 2. The van der Waals surface area contributed by atoms with Gasteiger partial charge in [0.05, 0.1) is 11.2 Å². The Hall–Kier alpha value is -3.09. The molecule has 0 atom stereocenters. The molecule has 176 valence electrons. The van der Waals surface area contributed by atoms with E-state index in [9.17, 15) is 14.4 Å². The number of allylic oxidation sites excluding steroid dienone is 1. The van der Waals surface area contributed by atoms with Crippen molar-refractivity contribution in [1.29, 1.82) is 0 Å². The van der Waals surface area contributed by atoms with Crippen molar-refractivity contribution >= 4 is 64.1 Å². The molecular formula is C26H25Cl2N3O3. The highest BCUT2D eigenvalue weighted by Gasteiger charge is 2.37. The van der Waals surface area contributed by atoms with Crippen LogP contribution in [0.5, 0.6) is 0 Å². The van der Waals surface area contributed by atoms with E-state index in [2.05, 4.69) is 37.1 Å². The standard InChI is InChI=1S/C26H25Cl2N3O3/c1-5-10-30-22-13-21(28)16(11-19(22)15(2)14-26(30,3)4)12-20-23(32)29-25(34)31(24(20)33)18-8-6-17(27)7-9-18/h6-9,11-14H,5,10H2,1-4H3,(H,29,32,34)/b20-12-. The molecular weight excluding hydrogens is 473 g/mol. The lowest BCUT2D eigenvalue weighted by atomic mass is 9.87. The monoisotopic (exact) mass is 497 g/mol. The summed E-state index contributed by atoms with van der Waals surface area (Å²) in [6, 6.07) is 9.16. The molecule has 1 N–H and O–H groups in total. The molecule has 4 amide bonds. The minimum Gasteiger partial charge on any atom is -0.362 e. The zero-order chi connectivity index (χ0) is 24.8. The quantitative estimate of drug-likeness (QED) is 0.410. The molecule has 2 aliphatic heterocycles. The number of hydrogen-bond acceptors (Lipinski definition) is 4. The molecule has 1 saturated heterocycles. The van der Waals surface area contributed by atoms with Gasteiger partial charge in [0.25, 0.3) is 11.8 Å². The van der Waals surface area contributed by atoms with Gasteiger partial charge in [-0.15, -0.1) is 0 Å². The van der Waals surface area contributed by atoms with Gasteiger partial charge in [-0.3, -0.25) is 14.9 Å². The Morgan fingerprint density at radius 1 is 1.06 bits per heavy atom. The molecule has 0 unspecified atom stereocenters. The summed E-state index contributed by atoms with van der Waals surface area (Å²) in [7, 11) is 0. The fourth-order valence-electron chi connectivity index (χ4n) is 4.50. The maximum absolute atomic E-state index is 13.2. The second-order valence-corrected chi connectivity index (χ2v) is 9.80. The summed E-state index contributed by atoms with van der Waals surface area (Å²) in [6.45, 7) is 9.34. The molecule has 0 radical (unpaired) electrons. The second-order valence-electron chi connectivity index (χ2n) is 8.96. The van der Waals surface area contributed by atoms with Crippen molar-refractivity contribution in [3.8, 4) is 0 Å². The molecule has 0 aliphatic carbocycles. The normalized spacial score (nSPS) is 18.7. The summed E-state index contributed by atoms with van der Waals surface area (Å²) in [6.07, 6.45) is 4.62. The van der Waals surface area contributed by atoms with Crippen LogP contribution in [0.25, 0.3) is 11.6 Å². The van der Waals surface area contributed by atoms with E-state index in [0.717, 1.165) is 34.7 Å². The Morgan fingerprint density at radius 2 is 1.74 bits per heavy atom. The number of amides is 4. The van der Waals surface area contributed by atoms with Gasteiger partial charge in [-0.2, -0.15) is 0 Å². The summed E-state index contributed by atoms with van der Waals surface area (Å²) in [5.74, 6) is -1.50. The third kappa shape index (κ3) is 4.24. The Kier molecular flexibility index (Phi) is 6.32. The van der Waals surface area contributed by atoms with E-state index in [1.807, 2.05) is 19.1 Å². The topological polar surface area (TPSA) is 69.7 Å². The Bertz CT molecular complexity index is 1260. The average molecular weight is 498 g/mol. The van der Waals surface area contributed by atoms with E-state index >= 15 is 0 Å². The molecule has 2 heterocycles. The van der Waals surface area contributed by atoms with Crippen LogP contribution in [0.1, 0.15) is 45.2 Å². The van der Waals surface area contributed by atoms with Crippen LogP contribution in [0.2, 0.25) is 10.0 Å². The van der Waals surface area contributed by atoms with Crippen molar-refractivity contribution in [1.82, 2.24) is 5.32 Å². The molecule has 4 rings (SSSR count). The molecule has 0 saturated carbocycles. The van der Waals surface area contributed by atoms with E-state index in [1.165, 1.54) is 18.2 Å². The highest BCUT2D eigenvalue weighted by molar-refractivity contribution is 6.40. The van der Waals surface area contributed by atoms with Crippen molar-refractivity contribution in [2.24, 2.45) is 0 Å². The maximum atomic E-state index is 13.2. The minimum atomic E-state index is -0.817. The van der Waals surface area contributed by atoms with Gasteiger partial charge in [0.2, 0.25) is 0 Å². The zero-order valence-corrected chi connectivity index (χ0v) is 20.9. The largest absolute Gasteiger partial charge is 0.362 e. The van der Waals surface area contributed by atoms with Gasteiger partial charge in [0.15, 0.2) is 0 Å². The lowest BCUT2D eigenvalue weighted by Crippen LogP contribution is -2.54. The van der Waals surface area contributed by atoms with Crippen molar-refractivity contribution in [3.63, 3.8) is 0 Å². The number of nitrogens with one attached hydrogen (secondary N) is 1. The average Bonchev–Trinajstić information content (AvgIpc) is 2.75. The molecule has 34 heavy (non-hydrogen) atoms. The number of rotatable bonds is 4. The fraction of sp³-hybridized carbons (Fsp3) is 0.269. The van der Waals surface area contributed by atoms with E-state index in [4.69, 9.17) is 23.2 Å². The van der Waals surface area contributed by atoms with E-state index < -0.39 is 17.8 Å². The Morgan fingerprint density at radius 3 is 2.38 bits per heavy atom. The number of benzene rings is 2. The van der Waals surface area contributed by atoms with Gasteiger partial charge >= 0.3 is 6.03 Å². The number of nitrogens with zero attached hydrogens (tertiary/aromatic N) is 2. The van der Waals surface area contributed by atoms with Gasteiger partial charge < -0.3 is 4.90 Å². The highest BCUT2D eigenvalue weighted by atomic mass is 35.5. The summed E-state index contributed by atoms with van der Waals surface area (Å²) in [4.78, 5) is 41.5. The number of halogens is 2. The minimum absolute atomic E-state index is 0.172. The van der Waals surface area contributed by atoms with Crippen LogP contribution in [0.4, 0.5) is 16.2 Å². The summed E-state index contributed by atoms with van der Waals surface area (Å²) in [5, 5.41) is 3.11. The molecule has 0 bridgehead atoms. The first kappa shape index (κ1) is 24.0. The number of urea groups is 1. The molecule has 1 fully saturated rings. The predicted octanol–water partition coefficient (Wildman–Crippen LogP) is 6.07. The van der Waals surface area contributed by atoms with Crippen LogP contribution >= 0.6 is 23.2 Å². The van der Waals surface area contributed by atoms with Crippen LogP contribution in [0.3, 0.4) is 0 Å². The Labute approximate surface area is 208 Å². The third-order valence-electron chi connectivity index (χ3n) is 6.03. The molecule has 2 aromatic rings. The molecule has 0 aromatic heterocycles. The summed E-state index contributed by atoms with van der Waals surface area (Å²) in [5.41, 5.74) is 3.55. The first-order chi connectivity index (χ1) is 16.0. The molecule has 8 heteroatoms. The van der Waals surface area contributed by atoms with Crippen LogP contribution in [0, 0.1) is 0 Å². The predicted molar refractivity (Wildman–Crippen MR) is 137 cm³/mol. The fourth-order valence-corrected chi connectivity index (χ4v) is 4.83. The van der Waals surface area contributed by atoms with E-state index in [0.29, 0.717) is 21.3 Å². The van der Waals surface area contributed by atoms with Crippen LogP contribution < -0.4 is 15.1 Å². The molecule has 2 aromatic carbocycles. The lowest BCUT2D eigenvalue weighted by molar-refractivity contribution is -0.122. The number of anilines is 2. The summed E-state index contributed by atoms with van der Waals surface area (Å²) >= 11 is 12.6. The number of barbiturate groups is 1.